The molecule has 17 heavy (non-hydrogen) atoms. The molecule has 0 fully saturated rings. The molecule has 0 aromatic heterocycles. The summed E-state index contributed by atoms with van der Waals surface area (Å²) in [6, 6.07) is 2.57. The zero-order chi connectivity index (χ0) is 13.1. The van der Waals surface area contributed by atoms with E-state index in [2.05, 4.69) is 10.6 Å². The predicted octanol–water partition coefficient (Wildman–Crippen LogP) is 3.50. The quantitative estimate of drug-likeness (QED) is 0.845. The minimum Gasteiger partial charge on any atom is -0.338 e. The van der Waals surface area contributed by atoms with E-state index in [4.69, 9.17) is 11.6 Å². The number of hydrogen-bond acceptors (Lipinski definition) is 1. The molecule has 0 spiro atoms. The maximum Gasteiger partial charge on any atom is 0.418 e. The van der Waals surface area contributed by atoms with Crippen LogP contribution in [0.2, 0.25) is 5.02 Å². The van der Waals surface area contributed by atoms with Crippen molar-refractivity contribution >= 4 is 23.3 Å². The van der Waals surface area contributed by atoms with Gasteiger partial charge in [-0.3, -0.25) is 0 Å². The number of benzene rings is 1. The maximum atomic E-state index is 12.6. The van der Waals surface area contributed by atoms with Crippen molar-refractivity contribution in [1.29, 1.82) is 0 Å². The van der Waals surface area contributed by atoms with Crippen molar-refractivity contribution in [3.63, 3.8) is 0 Å². The van der Waals surface area contributed by atoms with Crippen LogP contribution < -0.4 is 10.6 Å². The normalized spacial score (nSPS) is 11.1. The minimum absolute atomic E-state index is 0.161. The lowest BCUT2D eigenvalue weighted by Gasteiger charge is -2.15. The molecule has 0 saturated carbocycles. The molecule has 2 amide bonds. The molecule has 1 rings (SSSR count). The van der Waals surface area contributed by atoms with Crippen molar-refractivity contribution in [2.45, 2.75) is 13.1 Å². The van der Waals surface area contributed by atoms with Gasteiger partial charge in [-0.2, -0.15) is 13.2 Å². The second-order valence-corrected chi connectivity index (χ2v) is 3.55. The Labute approximate surface area is 101 Å². The first-order valence-electron chi connectivity index (χ1n) is 4.76. The lowest BCUT2D eigenvalue weighted by atomic mass is 10.1. The van der Waals surface area contributed by atoms with E-state index in [-0.39, 0.29) is 5.02 Å². The number of hydrogen-bond donors (Lipinski definition) is 2. The molecule has 0 radical (unpaired) electrons. The first-order valence-corrected chi connectivity index (χ1v) is 5.14. The zero-order valence-electron chi connectivity index (χ0n) is 8.86. The van der Waals surface area contributed by atoms with Crippen LogP contribution in [-0.2, 0) is 6.18 Å². The van der Waals surface area contributed by atoms with Gasteiger partial charge in [0.15, 0.2) is 0 Å². The monoisotopic (exact) mass is 266 g/mol. The van der Waals surface area contributed by atoms with E-state index in [1.165, 1.54) is 12.1 Å². The maximum absolute atomic E-state index is 12.6. The molecule has 7 heteroatoms. The largest absolute Gasteiger partial charge is 0.418 e. The standard InChI is InChI=1S/C10H10ClF3N2O/c1-2-15-9(17)16-8-6(10(12,13)14)4-3-5-7(8)11/h3-5H,2H2,1H3,(H2,15,16,17). The Balaban J connectivity index is 3.09. The van der Waals surface area contributed by atoms with Crippen LogP contribution in [0.25, 0.3) is 0 Å². The number of alkyl halides is 3. The third kappa shape index (κ3) is 3.52. The Bertz CT molecular complexity index is 421. The fourth-order valence-corrected chi connectivity index (χ4v) is 1.43. The molecule has 0 aliphatic rings. The minimum atomic E-state index is -4.57. The number of amides is 2. The third-order valence-corrected chi connectivity index (χ3v) is 2.21. The summed E-state index contributed by atoms with van der Waals surface area (Å²) >= 11 is 5.64. The molecule has 3 nitrogen and oxygen atoms in total. The van der Waals surface area contributed by atoms with Crippen LogP contribution in [0.5, 0.6) is 0 Å². The number of para-hydroxylation sites is 1. The fourth-order valence-electron chi connectivity index (χ4n) is 1.21. The molecular weight excluding hydrogens is 257 g/mol. The number of anilines is 1. The first kappa shape index (κ1) is 13.6. The van der Waals surface area contributed by atoms with Gasteiger partial charge in [0.1, 0.15) is 0 Å². The fraction of sp³-hybridized carbons (Fsp3) is 0.300. The van der Waals surface area contributed by atoms with E-state index in [1.54, 1.807) is 6.92 Å². The average Bonchev–Trinajstić information content (AvgIpc) is 2.19. The Morgan fingerprint density at radius 2 is 2.06 bits per heavy atom. The van der Waals surface area contributed by atoms with Crippen molar-refractivity contribution in [3.05, 3.63) is 28.8 Å². The number of halogens is 4. The highest BCUT2D eigenvalue weighted by molar-refractivity contribution is 6.33. The van der Waals surface area contributed by atoms with Crippen molar-refractivity contribution < 1.29 is 18.0 Å². The summed E-state index contributed by atoms with van der Waals surface area (Å²) in [5.41, 5.74) is -1.41. The van der Waals surface area contributed by atoms with Crippen LogP contribution in [0, 0.1) is 0 Å². The molecule has 0 saturated heterocycles. The summed E-state index contributed by atoms with van der Waals surface area (Å²) in [6.07, 6.45) is -4.57. The van der Waals surface area contributed by atoms with Gasteiger partial charge in [0.25, 0.3) is 0 Å². The average molecular weight is 267 g/mol. The molecule has 0 bridgehead atoms. The molecule has 1 aromatic carbocycles. The van der Waals surface area contributed by atoms with Gasteiger partial charge in [0.2, 0.25) is 0 Å². The molecule has 2 N–H and O–H groups in total. The van der Waals surface area contributed by atoms with Crippen LogP contribution in [0.1, 0.15) is 12.5 Å². The molecule has 0 atom stereocenters. The highest BCUT2D eigenvalue weighted by atomic mass is 35.5. The van der Waals surface area contributed by atoms with Crippen molar-refractivity contribution in [3.8, 4) is 0 Å². The second-order valence-electron chi connectivity index (χ2n) is 3.14. The summed E-state index contributed by atoms with van der Waals surface area (Å²) < 4.78 is 37.9. The Morgan fingerprint density at radius 3 is 2.59 bits per heavy atom. The van der Waals surface area contributed by atoms with Crippen LogP contribution in [0.3, 0.4) is 0 Å². The van der Waals surface area contributed by atoms with Crippen molar-refractivity contribution in [2.24, 2.45) is 0 Å². The Kier molecular flexibility index (Phi) is 4.22. The second kappa shape index (κ2) is 5.27. The van der Waals surface area contributed by atoms with E-state index in [1.807, 2.05) is 0 Å². The lowest BCUT2D eigenvalue weighted by Crippen LogP contribution is -2.29. The highest BCUT2D eigenvalue weighted by Crippen LogP contribution is 2.38. The number of carbonyl (C=O) groups excluding carboxylic acids is 1. The zero-order valence-corrected chi connectivity index (χ0v) is 9.62. The number of carbonyl (C=O) groups is 1. The first-order chi connectivity index (χ1) is 7.86. The van der Waals surface area contributed by atoms with E-state index in [0.717, 1.165) is 6.07 Å². The topological polar surface area (TPSA) is 41.1 Å². The molecule has 0 aliphatic heterocycles. The third-order valence-electron chi connectivity index (χ3n) is 1.89. The van der Waals surface area contributed by atoms with Crippen LogP contribution in [-0.4, -0.2) is 12.6 Å². The summed E-state index contributed by atoms with van der Waals surface area (Å²) in [7, 11) is 0. The van der Waals surface area contributed by atoms with Gasteiger partial charge in [0, 0.05) is 6.54 Å². The molecule has 94 valence electrons. The van der Waals surface area contributed by atoms with Crippen molar-refractivity contribution in [1.82, 2.24) is 5.32 Å². The molecular formula is C10H10ClF3N2O. The Morgan fingerprint density at radius 1 is 1.41 bits per heavy atom. The van der Waals surface area contributed by atoms with Gasteiger partial charge in [-0.25, -0.2) is 4.79 Å². The molecule has 1 aromatic rings. The van der Waals surface area contributed by atoms with E-state index < -0.39 is 23.5 Å². The van der Waals surface area contributed by atoms with E-state index in [0.29, 0.717) is 6.54 Å². The van der Waals surface area contributed by atoms with Gasteiger partial charge in [-0.05, 0) is 19.1 Å². The predicted molar refractivity (Wildman–Crippen MR) is 59.1 cm³/mol. The molecule has 0 heterocycles. The van der Waals surface area contributed by atoms with Gasteiger partial charge in [-0.1, -0.05) is 17.7 Å². The molecule has 0 aliphatic carbocycles. The van der Waals surface area contributed by atoms with Crippen LogP contribution >= 0.6 is 11.6 Å². The summed E-state index contributed by atoms with van der Waals surface area (Å²) in [6.45, 7) is 1.95. The highest BCUT2D eigenvalue weighted by Gasteiger charge is 2.34. The smallest absolute Gasteiger partial charge is 0.338 e. The van der Waals surface area contributed by atoms with Crippen LogP contribution in [0.4, 0.5) is 23.7 Å². The number of nitrogens with one attached hydrogen (secondary N) is 2. The van der Waals surface area contributed by atoms with Crippen LogP contribution in [0.15, 0.2) is 18.2 Å². The van der Waals surface area contributed by atoms with Gasteiger partial charge in [-0.15, -0.1) is 0 Å². The van der Waals surface area contributed by atoms with E-state index >= 15 is 0 Å². The molecule has 0 unspecified atom stereocenters. The number of urea groups is 1. The van der Waals surface area contributed by atoms with Gasteiger partial charge < -0.3 is 10.6 Å². The van der Waals surface area contributed by atoms with Crippen molar-refractivity contribution in [2.75, 3.05) is 11.9 Å². The SMILES string of the molecule is CCNC(=O)Nc1c(Cl)cccc1C(F)(F)F. The summed E-state index contributed by atoms with van der Waals surface area (Å²) in [5, 5.41) is 4.25. The lowest BCUT2D eigenvalue weighted by molar-refractivity contribution is -0.136. The number of rotatable bonds is 2. The Hall–Kier alpha value is -1.43. The van der Waals surface area contributed by atoms with Gasteiger partial charge in [0.05, 0.1) is 16.3 Å². The summed E-state index contributed by atoms with van der Waals surface area (Å²) in [4.78, 5) is 11.2. The van der Waals surface area contributed by atoms with Gasteiger partial charge >= 0.3 is 12.2 Å². The van der Waals surface area contributed by atoms with E-state index in [9.17, 15) is 18.0 Å². The summed E-state index contributed by atoms with van der Waals surface area (Å²) in [5.74, 6) is 0.